The van der Waals surface area contributed by atoms with Crippen molar-refractivity contribution in [1.82, 2.24) is 29.2 Å². The van der Waals surface area contributed by atoms with Crippen LogP contribution in [-0.2, 0) is 32.1 Å². The summed E-state index contributed by atoms with van der Waals surface area (Å²) in [7, 11) is 0. The highest BCUT2D eigenvalue weighted by Gasteiger charge is 2.30. The molecule has 0 spiro atoms. The van der Waals surface area contributed by atoms with Crippen LogP contribution in [0.25, 0.3) is 11.2 Å². The average Bonchev–Trinajstić information content (AvgIpc) is 3.42. The number of fused-ring (bicyclic) bond motifs is 1. The lowest BCUT2D eigenvalue weighted by Crippen LogP contribution is -2.40. The molecular weight excluding hydrogens is 489 g/mol. The lowest BCUT2D eigenvalue weighted by atomic mass is 10.1. The van der Waals surface area contributed by atoms with Gasteiger partial charge in [0.2, 0.25) is 11.2 Å². The van der Waals surface area contributed by atoms with E-state index >= 15 is 0 Å². The number of unbranched alkanes of at least 4 members (excludes halogenated alkanes) is 1. The lowest BCUT2D eigenvalue weighted by Gasteiger charge is -2.10. The summed E-state index contributed by atoms with van der Waals surface area (Å²) < 4.78 is 46.5. The Labute approximate surface area is 201 Å². The summed E-state index contributed by atoms with van der Waals surface area (Å²) in [5.74, 6) is 0.504. The molecule has 0 radical (unpaired) electrons. The Bertz CT molecular complexity index is 1450. The second-order valence-corrected chi connectivity index (χ2v) is 8.41. The normalized spacial score (nSPS) is 12.0. The highest BCUT2D eigenvalue weighted by Crippen LogP contribution is 2.29. The van der Waals surface area contributed by atoms with Gasteiger partial charge in [-0.05, 0) is 36.1 Å². The molecule has 0 unspecified atom stereocenters. The second kappa shape index (κ2) is 10.1. The van der Waals surface area contributed by atoms with E-state index in [1.807, 2.05) is 6.92 Å². The second-order valence-electron chi connectivity index (χ2n) is 8.05. The molecule has 0 bridgehead atoms. The minimum Gasteiger partial charge on any atom is -0.339 e. The largest absolute Gasteiger partial charge is 0.416 e. The van der Waals surface area contributed by atoms with E-state index in [0.29, 0.717) is 18.5 Å². The summed E-state index contributed by atoms with van der Waals surface area (Å²) in [6.45, 7) is 2.49. The van der Waals surface area contributed by atoms with Crippen LogP contribution in [0.3, 0.4) is 0 Å². The molecule has 0 saturated heterocycles. The zero-order valence-electron chi connectivity index (χ0n) is 18.7. The third-order valence-corrected chi connectivity index (χ3v) is 5.65. The van der Waals surface area contributed by atoms with Crippen LogP contribution in [0.4, 0.5) is 13.2 Å². The van der Waals surface area contributed by atoms with Crippen molar-refractivity contribution < 1.29 is 17.7 Å². The molecule has 4 rings (SSSR count). The molecule has 0 fully saturated rings. The van der Waals surface area contributed by atoms with Crippen molar-refractivity contribution in [3.8, 4) is 0 Å². The Hall–Kier alpha value is -3.41. The fraction of sp³-hybridized carbons (Fsp3) is 0.409. The first-order chi connectivity index (χ1) is 16.7. The number of aromatic nitrogens is 6. The Morgan fingerprint density at radius 1 is 1.11 bits per heavy atom. The first kappa shape index (κ1) is 24.7. The average molecular weight is 511 g/mol. The van der Waals surface area contributed by atoms with Gasteiger partial charge in [0.05, 0.1) is 5.56 Å². The topological polar surface area (TPSA) is 112 Å². The molecule has 0 amide bonds. The van der Waals surface area contributed by atoms with Gasteiger partial charge < -0.3 is 9.51 Å². The van der Waals surface area contributed by atoms with E-state index in [1.165, 1.54) is 10.6 Å². The molecule has 1 N–H and O–H groups in total. The Morgan fingerprint density at radius 2 is 1.89 bits per heavy atom. The quantitative estimate of drug-likeness (QED) is 0.341. The molecule has 35 heavy (non-hydrogen) atoms. The minimum absolute atomic E-state index is 0.0265. The van der Waals surface area contributed by atoms with Crippen molar-refractivity contribution in [1.29, 1.82) is 0 Å². The van der Waals surface area contributed by atoms with E-state index in [4.69, 9.17) is 16.1 Å². The van der Waals surface area contributed by atoms with Gasteiger partial charge in [-0.25, -0.2) is 4.79 Å². The van der Waals surface area contributed by atoms with Crippen LogP contribution >= 0.6 is 11.6 Å². The van der Waals surface area contributed by atoms with Gasteiger partial charge in [0.15, 0.2) is 17.0 Å². The number of aromatic amines is 1. The van der Waals surface area contributed by atoms with Crippen LogP contribution in [0.2, 0.25) is 5.28 Å². The van der Waals surface area contributed by atoms with Gasteiger partial charge >= 0.3 is 11.9 Å². The predicted octanol–water partition coefficient (Wildman–Crippen LogP) is 3.97. The Morgan fingerprint density at radius 3 is 2.63 bits per heavy atom. The number of halogens is 4. The maximum absolute atomic E-state index is 13.0. The highest BCUT2D eigenvalue weighted by molar-refractivity contribution is 6.28. The number of aryl methyl sites for hydroxylation is 2. The molecule has 3 aromatic heterocycles. The lowest BCUT2D eigenvalue weighted by molar-refractivity contribution is -0.137. The monoisotopic (exact) mass is 510 g/mol. The molecular formula is C22H22ClF3N6O3. The standard InChI is InChI=1S/C22H22ClF3N6O3/c1-2-3-9-31-18-17(28-20(23)29-18)19(33)32(21(31)34)10-5-8-16-27-15(30-35-16)12-13-6-4-7-14(11-13)22(24,25)26/h4,6-7,11H,2-3,5,8-10,12H2,1H3,(H,28,29). The van der Waals surface area contributed by atoms with Crippen molar-refractivity contribution in [3.63, 3.8) is 0 Å². The number of hydrogen-bond donors (Lipinski definition) is 1. The highest BCUT2D eigenvalue weighted by atomic mass is 35.5. The van der Waals surface area contributed by atoms with Crippen LogP contribution in [0.15, 0.2) is 38.4 Å². The fourth-order valence-corrected chi connectivity index (χ4v) is 3.92. The number of hydrogen-bond acceptors (Lipinski definition) is 6. The molecule has 0 aliphatic rings. The van der Waals surface area contributed by atoms with Crippen molar-refractivity contribution in [2.45, 2.75) is 58.3 Å². The molecule has 0 aliphatic heterocycles. The number of nitrogens with zero attached hydrogens (tertiary/aromatic N) is 5. The van der Waals surface area contributed by atoms with E-state index in [0.717, 1.165) is 29.5 Å². The van der Waals surface area contributed by atoms with E-state index in [1.54, 1.807) is 6.07 Å². The maximum Gasteiger partial charge on any atom is 0.416 e. The van der Waals surface area contributed by atoms with E-state index in [-0.39, 0.29) is 47.5 Å². The van der Waals surface area contributed by atoms with Gasteiger partial charge in [0.25, 0.3) is 5.56 Å². The molecule has 186 valence electrons. The number of nitrogens with one attached hydrogen (secondary N) is 1. The van der Waals surface area contributed by atoms with Crippen molar-refractivity contribution in [2.75, 3.05) is 0 Å². The minimum atomic E-state index is -4.43. The molecule has 0 saturated carbocycles. The Kier molecular flexibility index (Phi) is 7.10. The summed E-state index contributed by atoms with van der Waals surface area (Å²) in [4.78, 5) is 36.8. The zero-order chi connectivity index (χ0) is 25.2. The van der Waals surface area contributed by atoms with Crippen LogP contribution in [-0.4, -0.2) is 29.2 Å². The van der Waals surface area contributed by atoms with Crippen LogP contribution < -0.4 is 11.2 Å². The van der Waals surface area contributed by atoms with Crippen LogP contribution in [0, 0.1) is 0 Å². The van der Waals surface area contributed by atoms with Gasteiger partial charge in [-0.3, -0.25) is 13.9 Å². The number of benzene rings is 1. The zero-order valence-corrected chi connectivity index (χ0v) is 19.5. The molecule has 9 nitrogen and oxygen atoms in total. The van der Waals surface area contributed by atoms with Gasteiger partial charge in [-0.1, -0.05) is 36.7 Å². The summed E-state index contributed by atoms with van der Waals surface area (Å²) in [6.07, 6.45) is -2.15. The first-order valence-electron chi connectivity index (χ1n) is 11.0. The number of rotatable bonds is 9. The van der Waals surface area contributed by atoms with Crippen molar-refractivity contribution in [3.05, 3.63) is 73.2 Å². The molecule has 4 aromatic rings. The van der Waals surface area contributed by atoms with Gasteiger partial charge in [-0.2, -0.15) is 23.1 Å². The number of H-pyrrole nitrogens is 1. The SMILES string of the molecule is CCCCn1c(=O)n(CCCc2nc(Cc3cccc(C(F)(F)F)c3)no2)c(=O)c2[nH]c(Cl)nc21. The predicted molar refractivity (Wildman–Crippen MR) is 121 cm³/mol. The number of alkyl halides is 3. The molecule has 13 heteroatoms. The van der Waals surface area contributed by atoms with Gasteiger partial charge in [0.1, 0.15) is 0 Å². The maximum atomic E-state index is 13.0. The third-order valence-electron chi connectivity index (χ3n) is 5.47. The van der Waals surface area contributed by atoms with E-state index in [2.05, 4.69) is 20.1 Å². The van der Waals surface area contributed by atoms with Crippen LogP contribution in [0.1, 0.15) is 49.0 Å². The fourth-order valence-electron chi connectivity index (χ4n) is 3.75. The van der Waals surface area contributed by atoms with Gasteiger partial charge in [-0.15, -0.1) is 0 Å². The first-order valence-corrected chi connectivity index (χ1v) is 11.4. The number of imidazole rings is 1. The molecule has 0 aliphatic carbocycles. The van der Waals surface area contributed by atoms with Crippen LogP contribution in [0.5, 0.6) is 0 Å². The molecule has 0 atom stereocenters. The summed E-state index contributed by atoms with van der Waals surface area (Å²) in [5.41, 5.74) is -0.956. The summed E-state index contributed by atoms with van der Waals surface area (Å²) >= 11 is 5.93. The van der Waals surface area contributed by atoms with E-state index in [9.17, 15) is 22.8 Å². The van der Waals surface area contributed by atoms with Gasteiger partial charge in [0, 0.05) is 25.9 Å². The van der Waals surface area contributed by atoms with Crippen molar-refractivity contribution >= 4 is 22.8 Å². The Balaban J connectivity index is 1.46. The van der Waals surface area contributed by atoms with E-state index < -0.39 is 23.0 Å². The molecule has 1 aromatic carbocycles. The summed E-state index contributed by atoms with van der Waals surface area (Å²) in [5, 5.41) is 3.85. The molecule has 3 heterocycles. The summed E-state index contributed by atoms with van der Waals surface area (Å²) in [6, 6.07) is 4.93. The van der Waals surface area contributed by atoms with Crippen molar-refractivity contribution in [2.24, 2.45) is 0 Å². The third kappa shape index (κ3) is 5.47. The smallest absolute Gasteiger partial charge is 0.339 e.